The van der Waals surface area contributed by atoms with Crippen molar-refractivity contribution in [2.75, 3.05) is 18.8 Å². The topological polar surface area (TPSA) is 106 Å². The molecule has 3 heterocycles. The van der Waals surface area contributed by atoms with Crippen LogP contribution in [0.25, 0.3) is 11.0 Å². The van der Waals surface area contributed by atoms with Crippen LogP contribution in [0.2, 0.25) is 0 Å². The van der Waals surface area contributed by atoms with Crippen LogP contribution in [-0.2, 0) is 4.74 Å². The van der Waals surface area contributed by atoms with Crippen LogP contribution >= 0.6 is 0 Å². The van der Waals surface area contributed by atoms with E-state index in [0.717, 1.165) is 12.8 Å². The van der Waals surface area contributed by atoms with Crippen molar-refractivity contribution in [2.45, 2.75) is 45.3 Å². The van der Waals surface area contributed by atoms with Gasteiger partial charge in [0, 0.05) is 19.3 Å². The number of ether oxygens (including phenoxy) is 1. The summed E-state index contributed by atoms with van der Waals surface area (Å²) in [5.41, 5.74) is 6.31. The van der Waals surface area contributed by atoms with E-state index in [2.05, 4.69) is 9.97 Å². The van der Waals surface area contributed by atoms with Gasteiger partial charge in [0.1, 0.15) is 16.9 Å². The van der Waals surface area contributed by atoms with Crippen LogP contribution in [0.3, 0.4) is 0 Å². The number of aromatic amines is 1. The molecule has 2 aromatic rings. The average Bonchev–Trinajstić information content (AvgIpc) is 2.83. The number of amides is 1. The summed E-state index contributed by atoms with van der Waals surface area (Å²) >= 11 is 0. The lowest BCUT2D eigenvalue weighted by atomic mass is 10.1. The molecule has 0 bridgehead atoms. The Balaban J connectivity index is 1.88. The number of nitrogens with one attached hydrogen (secondary N) is 1. The molecule has 1 amide bonds. The number of aromatic nitrogens is 3. The number of pyridine rings is 1. The van der Waals surface area contributed by atoms with Crippen molar-refractivity contribution in [2.24, 2.45) is 0 Å². The van der Waals surface area contributed by atoms with Crippen LogP contribution in [0, 0.1) is 0 Å². The van der Waals surface area contributed by atoms with Gasteiger partial charge in [-0.05, 0) is 39.7 Å². The number of hydrogen-bond acceptors (Lipinski definition) is 5. The molecule has 1 saturated heterocycles. The zero-order chi connectivity index (χ0) is 17.5. The summed E-state index contributed by atoms with van der Waals surface area (Å²) in [5, 5.41) is 0. The van der Waals surface area contributed by atoms with Crippen LogP contribution < -0.4 is 11.4 Å². The molecule has 0 spiro atoms. The third kappa shape index (κ3) is 3.08. The molecule has 24 heavy (non-hydrogen) atoms. The second kappa shape index (κ2) is 5.85. The highest BCUT2D eigenvalue weighted by atomic mass is 16.6. The molecule has 1 unspecified atom stereocenters. The Morgan fingerprint density at radius 1 is 1.46 bits per heavy atom. The zero-order valence-electron chi connectivity index (χ0n) is 14.2. The fraction of sp³-hybridized carbons (Fsp3) is 0.562. The number of likely N-dealkylation sites (tertiary alicyclic amines) is 1. The largest absolute Gasteiger partial charge is 0.444 e. The van der Waals surface area contributed by atoms with Gasteiger partial charge in [0.2, 0.25) is 0 Å². The Hall–Kier alpha value is -2.51. The van der Waals surface area contributed by atoms with Crippen molar-refractivity contribution in [3.63, 3.8) is 0 Å². The number of anilines is 1. The van der Waals surface area contributed by atoms with Gasteiger partial charge in [-0.3, -0.25) is 4.57 Å². The lowest BCUT2D eigenvalue weighted by Gasteiger charge is -2.34. The second-order valence-corrected chi connectivity index (χ2v) is 7.11. The van der Waals surface area contributed by atoms with E-state index >= 15 is 0 Å². The molecule has 0 aromatic carbocycles. The van der Waals surface area contributed by atoms with E-state index in [1.807, 2.05) is 20.8 Å². The smallest absolute Gasteiger partial charge is 0.410 e. The SMILES string of the molecule is CC(C)(C)OC(=O)N1CCCC(n2c(=O)[nH]c3c(N)nccc32)C1. The number of H-pyrrole nitrogens is 1. The van der Waals surface area contributed by atoms with Crippen molar-refractivity contribution in [3.05, 3.63) is 22.7 Å². The number of piperidine rings is 1. The Labute approximate surface area is 139 Å². The summed E-state index contributed by atoms with van der Waals surface area (Å²) in [6.45, 7) is 6.58. The van der Waals surface area contributed by atoms with Gasteiger partial charge in [0.25, 0.3) is 0 Å². The maximum absolute atomic E-state index is 12.4. The van der Waals surface area contributed by atoms with Gasteiger partial charge < -0.3 is 20.4 Å². The molecule has 0 radical (unpaired) electrons. The van der Waals surface area contributed by atoms with Gasteiger partial charge in [-0.1, -0.05) is 0 Å². The summed E-state index contributed by atoms with van der Waals surface area (Å²) in [6, 6.07) is 1.64. The highest BCUT2D eigenvalue weighted by Gasteiger charge is 2.30. The maximum Gasteiger partial charge on any atom is 0.410 e. The monoisotopic (exact) mass is 333 g/mol. The van der Waals surface area contributed by atoms with E-state index in [4.69, 9.17) is 10.5 Å². The standard InChI is InChI=1S/C16H23N5O3/c1-16(2,3)24-15(23)20-8-4-5-10(9-20)21-11-6-7-18-13(17)12(11)19-14(21)22/h6-7,10H,4-5,8-9H2,1-3H3,(H2,17,18)(H,19,22). The van der Waals surface area contributed by atoms with E-state index in [9.17, 15) is 9.59 Å². The van der Waals surface area contributed by atoms with Crippen LogP contribution in [0.4, 0.5) is 10.6 Å². The Morgan fingerprint density at radius 3 is 2.92 bits per heavy atom. The Kier molecular flexibility index (Phi) is 3.98. The first-order chi connectivity index (χ1) is 11.3. The van der Waals surface area contributed by atoms with Crippen molar-refractivity contribution in [1.29, 1.82) is 0 Å². The van der Waals surface area contributed by atoms with Gasteiger partial charge in [0.15, 0.2) is 0 Å². The minimum Gasteiger partial charge on any atom is -0.444 e. The van der Waals surface area contributed by atoms with Crippen molar-refractivity contribution < 1.29 is 9.53 Å². The van der Waals surface area contributed by atoms with E-state index in [0.29, 0.717) is 29.9 Å². The number of hydrogen-bond donors (Lipinski definition) is 2. The van der Waals surface area contributed by atoms with Crippen LogP contribution in [0.5, 0.6) is 0 Å². The molecule has 0 aliphatic carbocycles. The number of nitrogen functional groups attached to an aromatic ring is 1. The molecule has 8 heteroatoms. The van der Waals surface area contributed by atoms with E-state index in [1.54, 1.807) is 21.7 Å². The van der Waals surface area contributed by atoms with Gasteiger partial charge in [-0.15, -0.1) is 0 Å². The highest BCUT2D eigenvalue weighted by Crippen LogP contribution is 2.26. The number of nitrogens with zero attached hydrogens (tertiary/aromatic N) is 3. The third-order valence-corrected chi connectivity index (χ3v) is 4.08. The lowest BCUT2D eigenvalue weighted by Crippen LogP contribution is -2.44. The normalized spacial score (nSPS) is 18.8. The maximum atomic E-state index is 12.4. The first kappa shape index (κ1) is 16.4. The van der Waals surface area contributed by atoms with Crippen molar-refractivity contribution in [1.82, 2.24) is 19.4 Å². The number of imidazole rings is 1. The first-order valence-corrected chi connectivity index (χ1v) is 8.09. The molecule has 1 aliphatic heterocycles. The quantitative estimate of drug-likeness (QED) is 0.829. The van der Waals surface area contributed by atoms with Crippen LogP contribution in [0.1, 0.15) is 39.7 Å². The fourth-order valence-corrected chi connectivity index (χ4v) is 3.09. The molecule has 1 aliphatic rings. The molecule has 1 atom stereocenters. The van der Waals surface area contributed by atoms with Gasteiger partial charge in [0.05, 0.1) is 11.6 Å². The van der Waals surface area contributed by atoms with Gasteiger partial charge >= 0.3 is 11.8 Å². The fourth-order valence-electron chi connectivity index (χ4n) is 3.09. The summed E-state index contributed by atoms with van der Waals surface area (Å²) < 4.78 is 7.11. The summed E-state index contributed by atoms with van der Waals surface area (Å²) in [6.07, 6.45) is 2.86. The number of nitrogens with two attached hydrogens (primary N) is 1. The number of carbonyl (C=O) groups is 1. The molecule has 1 fully saturated rings. The number of fused-ring (bicyclic) bond motifs is 1. The number of carbonyl (C=O) groups excluding carboxylic acids is 1. The van der Waals surface area contributed by atoms with E-state index in [1.165, 1.54) is 0 Å². The minimum atomic E-state index is -0.540. The van der Waals surface area contributed by atoms with Crippen LogP contribution in [-0.4, -0.2) is 44.2 Å². The minimum absolute atomic E-state index is 0.116. The number of rotatable bonds is 1. The molecule has 8 nitrogen and oxygen atoms in total. The Bertz CT molecular complexity index is 817. The highest BCUT2D eigenvalue weighted by molar-refractivity contribution is 5.84. The van der Waals surface area contributed by atoms with Crippen LogP contribution in [0.15, 0.2) is 17.1 Å². The summed E-state index contributed by atoms with van der Waals surface area (Å²) in [7, 11) is 0. The summed E-state index contributed by atoms with van der Waals surface area (Å²) in [4.78, 5) is 33.1. The van der Waals surface area contributed by atoms with E-state index < -0.39 is 5.60 Å². The average molecular weight is 333 g/mol. The molecule has 3 rings (SSSR count). The predicted octanol–water partition coefficient (Wildman–Crippen LogP) is 1.88. The van der Waals surface area contributed by atoms with Crippen molar-refractivity contribution >= 4 is 22.9 Å². The first-order valence-electron chi connectivity index (χ1n) is 8.09. The van der Waals surface area contributed by atoms with Crippen molar-refractivity contribution in [3.8, 4) is 0 Å². The molecular formula is C16H23N5O3. The molecule has 3 N–H and O–H groups in total. The predicted molar refractivity (Wildman–Crippen MR) is 90.8 cm³/mol. The second-order valence-electron chi connectivity index (χ2n) is 7.11. The molecule has 2 aromatic heterocycles. The molecule has 0 saturated carbocycles. The molecule has 130 valence electrons. The van der Waals surface area contributed by atoms with Gasteiger partial charge in [-0.2, -0.15) is 0 Å². The molecular weight excluding hydrogens is 310 g/mol. The third-order valence-electron chi connectivity index (χ3n) is 4.08. The Morgan fingerprint density at radius 2 is 2.21 bits per heavy atom. The lowest BCUT2D eigenvalue weighted by molar-refractivity contribution is 0.0173. The van der Waals surface area contributed by atoms with Gasteiger partial charge in [-0.25, -0.2) is 14.6 Å². The summed E-state index contributed by atoms with van der Waals surface area (Å²) in [5.74, 6) is 0.295. The van der Waals surface area contributed by atoms with E-state index in [-0.39, 0.29) is 17.8 Å². The zero-order valence-corrected chi connectivity index (χ0v) is 14.2.